The first kappa shape index (κ1) is 19.1. The molecule has 1 atom stereocenters. The zero-order chi connectivity index (χ0) is 17.9. The number of sulfonamides is 1. The van der Waals surface area contributed by atoms with Crippen molar-refractivity contribution >= 4 is 21.8 Å². The van der Waals surface area contributed by atoms with Crippen LogP contribution in [0.2, 0.25) is 0 Å². The third-order valence-corrected chi connectivity index (χ3v) is 5.43. The third kappa shape index (κ3) is 4.29. The Morgan fingerprint density at radius 1 is 1.22 bits per heavy atom. The minimum absolute atomic E-state index is 0.0512. The van der Waals surface area contributed by atoms with Crippen molar-refractivity contribution in [3.63, 3.8) is 0 Å². The molecular formula is C15H23N3O4S. The van der Waals surface area contributed by atoms with Gasteiger partial charge in [-0.05, 0) is 30.5 Å². The van der Waals surface area contributed by atoms with Crippen LogP contribution >= 0.6 is 0 Å². The Kier molecular flexibility index (Phi) is 5.90. The van der Waals surface area contributed by atoms with Gasteiger partial charge in [0.15, 0.2) is 0 Å². The van der Waals surface area contributed by atoms with Crippen LogP contribution in [0.1, 0.15) is 29.8 Å². The van der Waals surface area contributed by atoms with E-state index in [1.165, 1.54) is 26.2 Å². The summed E-state index contributed by atoms with van der Waals surface area (Å²) < 4.78 is 25.7. The fraction of sp³-hybridized carbons (Fsp3) is 0.467. The number of nitrogens with one attached hydrogen (secondary N) is 1. The molecule has 8 heteroatoms. The van der Waals surface area contributed by atoms with Crippen molar-refractivity contribution < 1.29 is 18.0 Å². The summed E-state index contributed by atoms with van der Waals surface area (Å²) in [5.74, 6) is -1.36. The molecule has 1 aromatic carbocycles. The number of hydrogen-bond acceptors (Lipinski definition) is 4. The maximum Gasteiger partial charge on any atom is 0.251 e. The number of benzene rings is 1. The molecule has 0 radical (unpaired) electrons. The van der Waals surface area contributed by atoms with Crippen LogP contribution in [0.15, 0.2) is 23.1 Å². The minimum atomic E-state index is -3.66. The van der Waals surface area contributed by atoms with Gasteiger partial charge in [-0.2, -0.15) is 0 Å². The Morgan fingerprint density at radius 3 is 2.22 bits per heavy atom. The van der Waals surface area contributed by atoms with E-state index < -0.39 is 27.9 Å². The van der Waals surface area contributed by atoms with Crippen molar-refractivity contribution in [2.24, 2.45) is 11.7 Å². The normalized spacial score (nSPS) is 13.2. The SMILES string of the molecule is Cc1ccc(C(=O)NC(C(N)=O)C(C)C)cc1S(=O)(=O)N(C)C. The average molecular weight is 341 g/mol. The van der Waals surface area contributed by atoms with Gasteiger partial charge < -0.3 is 11.1 Å². The standard InChI is InChI=1S/C15H23N3O4S/c1-9(2)13(14(16)19)17-15(20)11-7-6-10(3)12(8-11)23(21,22)18(4)5/h6-9,13H,1-5H3,(H2,16,19)(H,17,20). The maximum absolute atomic E-state index is 12.3. The van der Waals surface area contributed by atoms with Gasteiger partial charge in [-0.3, -0.25) is 9.59 Å². The number of amides is 2. The first-order valence-electron chi connectivity index (χ1n) is 7.11. The molecule has 128 valence electrons. The van der Waals surface area contributed by atoms with E-state index >= 15 is 0 Å². The largest absolute Gasteiger partial charge is 0.368 e. The van der Waals surface area contributed by atoms with Crippen LogP contribution in [0.25, 0.3) is 0 Å². The van der Waals surface area contributed by atoms with Crippen molar-refractivity contribution in [1.82, 2.24) is 9.62 Å². The molecule has 1 rings (SSSR count). The highest BCUT2D eigenvalue weighted by molar-refractivity contribution is 7.89. The first-order valence-corrected chi connectivity index (χ1v) is 8.55. The summed E-state index contributed by atoms with van der Waals surface area (Å²) in [6.45, 7) is 5.16. The summed E-state index contributed by atoms with van der Waals surface area (Å²) >= 11 is 0. The molecule has 0 aromatic heterocycles. The molecule has 0 aliphatic heterocycles. The molecule has 0 bridgehead atoms. The Labute approximate surface area is 136 Å². The summed E-state index contributed by atoms with van der Waals surface area (Å²) in [4.78, 5) is 23.7. The second-order valence-corrected chi connectivity index (χ2v) is 7.99. The molecule has 0 spiro atoms. The zero-order valence-corrected chi connectivity index (χ0v) is 14.8. The van der Waals surface area contributed by atoms with Gasteiger partial charge in [-0.1, -0.05) is 19.9 Å². The number of rotatable bonds is 6. The number of primary amides is 1. The molecule has 2 amide bonds. The number of hydrogen-bond donors (Lipinski definition) is 2. The molecule has 23 heavy (non-hydrogen) atoms. The number of carbonyl (C=O) groups excluding carboxylic acids is 2. The van der Waals surface area contributed by atoms with Crippen molar-refractivity contribution in [2.45, 2.75) is 31.7 Å². The highest BCUT2D eigenvalue weighted by Gasteiger charge is 2.25. The van der Waals surface area contributed by atoms with Crippen molar-refractivity contribution in [3.05, 3.63) is 29.3 Å². The molecule has 0 heterocycles. The number of aryl methyl sites for hydroxylation is 1. The molecule has 0 fully saturated rings. The summed E-state index contributed by atoms with van der Waals surface area (Å²) in [6.07, 6.45) is 0. The van der Waals surface area contributed by atoms with Crippen LogP contribution in [0.4, 0.5) is 0 Å². The minimum Gasteiger partial charge on any atom is -0.368 e. The fourth-order valence-corrected chi connectivity index (χ4v) is 3.15. The van der Waals surface area contributed by atoms with Gasteiger partial charge in [0.05, 0.1) is 4.90 Å². The van der Waals surface area contributed by atoms with E-state index in [0.29, 0.717) is 5.56 Å². The van der Waals surface area contributed by atoms with Gasteiger partial charge in [0, 0.05) is 19.7 Å². The fourth-order valence-electron chi connectivity index (χ4n) is 2.01. The van der Waals surface area contributed by atoms with Gasteiger partial charge in [0.25, 0.3) is 5.91 Å². The molecule has 0 aliphatic carbocycles. The molecule has 3 N–H and O–H groups in total. The highest BCUT2D eigenvalue weighted by atomic mass is 32.2. The van der Waals surface area contributed by atoms with Gasteiger partial charge in [0.2, 0.25) is 15.9 Å². The molecule has 7 nitrogen and oxygen atoms in total. The smallest absolute Gasteiger partial charge is 0.251 e. The van der Waals surface area contributed by atoms with E-state index in [9.17, 15) is 18.0 Å². The second kappa shape index (κ2) is 7.10. The van der Waals surface area contributed by atoms with Gasteiger partial charge in [0.1, 0.15) is 6.04 Å². The average Bonchev–Trinajstić information content (AvgIpc) is 2.43. The Hall–Kier alpha value is -1.93. The molecule has 1 unspecified atom stereocenters. The van der Waals surface area contributed by atoms with Crippen LogP contribution < -0.4 is 11.1 Å². The summed E-state index contributed by atoms with van der Waals surface area (Å²) in [6, 6.07) is 3.55. The monoisotopic (exact) mass is 341 g/mol. The van der Waals surface area contributed by atoms with E-state index in [4.69, 9.17) is 5.73 Å². The Morgan fingerprint density at radius 2 is 1.78 bits per heavy atom. The maximum atomic E-state index is 12.3. The lowest BCUT2D eigenvalue weighted by Crippen LogP contribution is -2.47. The number of nitrogens with zero attached hydrogens (tertiary/aromatic N) is 1. The van der Waals surface area contributed by atoms with E-state index in [-0.39, 0.29) is 16.4 Å². The quantitative estimate of drug-likeness (QED) is 0.784. The van der Waals surface area contributed by atoms with Gasteiger partial charge in [-0.25, -0.2) is 12.7 Å². The predicted octanol–water partition coefficient (Wildman–Crippen LogP) is 0.485. The van der Waals surface area contributed by atoms with Gasteiger partial charge in [-0.15, -0.1) is 0 Å². The van der Waals surface area contributed by atoms with Crippen LogP contribution in [-0.2, 0) is 14.8 Å². The topological polar surface area (TPSA) is 110 Å². The van der Waals surface area contributed by atoms with Crippen LogP contribution in [0, 0.1) is 12.8 Å². The van der Waals surface area contributed by atoms with Crippen molar-refractivity contribution in [3.8, 4) is 0 Å². The molecule has 0 saturated carbocycles. The highest BCUT2D eigenvalue weighted by Crippen LogP contribution is 2.20. The van der Waals surface area contributed by atoms with E-state index in [0.717, 1.165) is 4.31 Å². The number of nitrogens with two attached hydrogens (primary N) is 1. The lowest BCUT2D eigenvalue weighted by molar-refractivity contribution is -0.120. The lowest BCUT2D eigenvalue weighted by Gasteiger charge is -2.19. The Balaban J connectivity index is 3.21. The van der Waals surface area contributed by atoms with E-state index in [2.05, 4.69) is 5.32 Å². The van der Waals surface area contributed by atoms with E-state index in [1.807, 2.05) is 0 Å². The lowest BCUT2D eigenvalue weighted by atomic mass is 10.0. The zero-order valence-electron chi connectivity index (χ0n) is 14.0. The number of carbonyl (C=O) groups is 2. The summed E-state index contributed by atoms with van der Waals surface area (Å²) in [5.41, 5.74) is 5.96. The van der Waals surface area contributed by atoms with Gasteiger partial charge >= 0.3 is 0 Å². The predicted molar refractivity (Wildman–Crippen MR) is 87.3 cm³/mol. The third-order valence-electron chi connectivity index (χ3n) is 3.47. The van der Waals surface area contributed by atoms with Crippen LogP contribution in [-0.4, -0.2) is 44.7 Å². The summed E-state index contributed by atoms with van der Waals surface area (Å²) in [7, 11) is -0.823. The molecule has 0 aliphatic rings. The summed E-state index contributed by atoms with van der Waals surface area (Å²) in [5, 5.41) is 2.54. The van der Waals surface area contributed by atoms with Crippen LogP contribution in [0.3, 0.4) is 0 Å². The Bertz CT molecular complexity index is 711. The second-order valence-electron chi connectivity index (χ2n) is 5.87. The molecule has 1 aromatic rings. The van der Waals surface area contributed by atoms with Crippen molar-refractivity contribution in [1.29, 1.82) is 0 Å². The van der Waals surface area contributed by atoms with Crippen LogP contribution in [0.5, 0.6) is 0 Å². The molecule has 0 saturated heterocycles. The first-order chi connectivity index (χ1) is 10.5. The van der Waals surface area contributed by atoms with Crippen molar-refractivity contribution in [2.75, 3.05) is 14.1 Å². The molecular weight excluding hydrogens is 318 g/mol. The van der Waals surface area contributed by atoms with E-state index in [1.54, 1.807) is 26.8 Å².